The number of fused-ring (bicyclic) bond motifs is 1. The summed E-state index contributed by atoms with van der Waals surface area (Å²) >= 11 is 5.86. The number of carbonyl (C=O) groups excluding carboxylic acids is 1. The van der Waals surface area contributed by atoms with Gasteiger partial charge >= 0.3 is 0 Å². The van der Waals surface area contributed by atoms with Crippen molar-refractivity contribution in [3.8, 4) is 11.5 Å². The number of nitrogens with zero attached hydrogens (tertiary/aromatic N) is 4. The number of hydrogen-bond acceptors (Lipinski definition) is 6. The first-order valence-corrected chi connectivity index (χ1v) is 8.51. The fourth-order valence-corrected chi connectivity index (χ4v) is 2.80. The van der Waals surface area contributed by atoms with Crippen LogP contribution >= 0.6 is 11.6 Å². The molecule has 0 saturated heterocycles. The summed E-state index contributed by atoms with van der Waals surface area (Å²) in [5, 5.41) is 3.51. The molecule has 0 saturated carbocycles. The van der Waals surface area contributed by atoms with Crippen LogP contribution in [0.4, 0.5) is 5.95 Å². The Bertz CT molecular complexity index is 1090. The molecule has 3 heterocycles. The Morgan fingerprint density at radius 1 is 1.22 bits per heavy atom. The SMILES string of the molecule is Nc1nc(-c2ccco2)c2ncn(CC(=O)NCc3ccc(Cl)cc3)c2n1. The van der Waals surface area contributed by atoms with E-state index in [1.807, 2.05) is 12.1 Å². The highest BCUT2D eigenvalue weighted by atomic mass is 35.5. The molecular weight excluding hydrogens is 368 g/mol. The van der Waals surface area contributed by atoms with Crippen molar-refractivity contribution < 1.29 is 9.21 Å². The van der Waals surface area contributed by atoms with Gasteiger partial charge in [0, 0.05) is 11.6 Å². The van der Waals surface area contributed by atoms with E-state index in [0.717, 1.165) is 5.56 Å². The lowest BCUT2D eigenvalue weighted by Gasteiger charge is -2.07. The van der Waals surface area contributed by atoms with Gasteiger partial charge in [0.1, 0.15) is 17.8 Å². The summed E-state index contributed by atoms with van der Waals surface area (Å²) in [7, 11) is 0. The second kappa shape index (κ2) is 7.08. The number of benzene rings is 1. The van der Waals surface area contributed by atoms with E-state index in [1.165, 1.54) is 6.33 Å². The molecule has 1 aromatic carbocycles. The van der Waals surface area contributed by atoms with Gasteiger partial charge in [-0.1, -0.05) is 23.7 Å². The average molecular weight is 383 g/mol. The van der Waals surface area contributed by atoms with E-state index < -0.39 is 0 Å². The first-order chi connectivity index (χ1) is 13.1. The molecule has 27 heavy (non-hydrogen) atoms. The second-order valence-electron chi connectivity index (χ2n) is 5.86. The van der Waals surface area contributed by atoms with E-state index in [0.29, 0.717) is 34.2 Å². The zero-order valence-electron chi connectivity index (χ0n) is 14.1. The molecule has 3 N–H and O–H groups in total. The number of nitrogen functional groups attached to an aromatic ring is 1. The van der Waals surface area contributed by atoms with Crippen molar-refractivity contribution >= 4 is 34.6 Å². The maximum Gasteiger partial charge on any atom is 0.240 e. The molecule has 4 aromatic rings. The third-order valence-electron chi connectivity index (χ3n) is 3.95. The van der Waals surface area contributed by atoms with Gasteiger partial charge in [-0.3, -0.25) is 4.79 Å². The Morgan fingerprint density at radius 3 is 2.78 bits per heavy atom. The second-order valence-corrected chi connectivity index (χ2v) is 6.29. The number of carbonyl (C=O) groups is 1. The molecule has 0 aliphatic heterocycles. The zero-order valence-corrected chi connectivity index (χ0v) is 14.8. The molecule has 0 aliphatic carbocycles. The van der Waals surface area contributed by atoms with E-state index in [4.69, 9.17) is 21.8 Å². The number of nitrogens with two attached hydrogens (primary N) is 1. The van der Waals surface area contributed by atoms with Crippen LogP contribution < -0.4 is 11.1 Å². The predicted octanol–water partition coefficient (Wildman–Crippen LogP) is 2.64. The molecule has 4 rings (SSSR count). The van der Waals surface area contributed by atoms with Crippen molar-refractivity contribution in [2.75, 3.05) is 5.73 Å². The fraction of sp³-hybridized carbons (Fsp3) is 0.111. The van der Waals surface area contributed by atoms with Crippen molar-refractivity contribution in [2.45, 2.75) is 13.1 Å². The minimum Gasteiger partial charge on any atom is -0.463 e. The Morgan fingerprint density at radius 2 is 2.04 bits per heavy atom. The highest BCUT2D eigenvalue weighted by Gasteiger charge is 2.16. The lowest BCUT2D eigenvalue weighted by molar-refractivity contribution is -0.121. The third-order valence-corrected chi connectivity index (χ3v) is 4.20. The van der Waals surface area contributed by atoms with Gasteiger partial charge in [0.25, 0.3) is 0 Å². The van der Waals surface area contributed by atoms with Crippen molar-refractivity contribution in [1.82, 2.24) is 24.8 Å². The van der Waals surface area contributed by atoms with Crippen molar-refractivity contribution in [3.05, 3.63) is 59.6 Å². The van der Waals surface area contributed by atoms with Crippen molar-refractivity contribution in [1.29, 1.82) is 0 Å². The molecule has 9 heteroatoms. The topological polar surface area (TPSA) is 112 Å². The number of furan rings is 1. The van der Waals surface area contributed by atoms with Crippen molar-refractivity contribution in [3.63, 3.8) is 0 Å². The smallest absolute Gasteiger partial charge is 0.240 e. The number of hydrogen-bond donors (Lipinski definition) is 2. The van der Waals surface area contributed by atoms with E-state index in [2.05, 4.69) is 20.3 Å². The van der Waals surface area contributed by atoms with E-state index in [1.54, 1.807) is 35.1 Å². The summed E-state index contributed by atoms with van der Waals surface area (Å²) in [4.78, 5) is 25.1. The van der Waals surface area contributed by atoms with Gasteiger partial charge in [0.05, 0.1) is 12.6 Å². The average Bonchev–Trinajstić information content (AvgIpc) is 3.31. The zero-order chi connectivity index (χ0) is 18.8. The first-order valence-electron chi connectivity index (χ1n) is 8.13. The maximum absolute atomic E-state index is 12.3. The number of nitrogens with one attached hydrogen (secondary N) is 1. The van der Waals surface area contributed by atoms with Crippen LogP contribution in [0.3, 0.4) is 0 Å². The van der Waals surface area contributed by atoms with Crippen LogP contribution in [-0.2, 0) is 17.9 Å². The lowest BCUT2D eigenvalue weighted by atomic mass is 10.2. The molecule has 0 fully saturated rings. The minimum absolute atomic E-state index is 0.0537. The molecule has 0 unspecified atom stereocenters. The fourth-order valence-electron chi connectivity index (χ4n) is 2.68. The number of imidazole rings is 1. The standard InChI is InChI=1S/C18H15ClN6O2/c19-12-5-3-11(4-6-12)8-21-14(26)9-25-10-22-16-15(13-2-1-7-27-13)23-18(20)24-17(16)25/h1-7,10H,8-9H2,(H,21,26)(H2,20,23,24). The number of rotatable bonds is 5. The van der Waals surface area contributed by atoms with Crippen LogP contribution in [0.1, 0.15) is 5.56 Å². The van der Waals surface area contributed by atoms with Crippen LogP contribution in [0.15, 0.2) is 53.4 Å². The first kappa shape index (κ1) is 17.0. The summed E-state index contributed by atoms with van der Waals surface area (Å²) in [6.45, 7) is 0.454. The van der Waals surface area contributed by atoms with Gasteiger partial charge in [0.2, 0.25) is 11.9 Å². The van der Waals surface area contributed by atoms with Crippen LogP contribution in [0.2, 0.25) is 5.02 Å². The van der Waals surface area contributed by atoms with E-state index >= 15 is 0 Å². The van der Waals surface area contributed by atoms with E-state index in [9.17, 15) is 4.79 Å². The van der Waals surface area contributed by atoms with Crippen LogP contribution in [0.5, 0.6) is 0 Å². The summed E-state index contributed by atoms with van der Waals surface area (Å²) in [5.41, 5.74) is 8.25. The summed E-state index contributed by atoms with van der Waals surface area (Å²) < 4.78 is 7.01. The maximum atomic E-state index is 12.3. The van der Waals surface area contributed by atoms with Crippen LogP contribution in [-0.4, -0.2) is 25.4 Å². The summed E-state index contributed by atoms with van der Waals surface area (Å²) in [5.74, 6) is 0.435. The van der Waals surface area contributed by atoms with Gasteiger partial charge in [-0.25, -0.2) is 9.97 Å². The Hall–Kier alpha value is -3.39. The molecule has 0 atom stereocenters. The van der Waals surface area contributed by atoms with Gasteiger partial charge in [-0.2, -0.15) is 4.98 Å². The lowest BCUT2D eigenvalue weighted by Crippen LogP contribution is -2.27. The molecule has 0 spiro atoms. The molecule has 3 aromatic heterocycles. The van der Waals surface area contributed by atoms with Gasteiger partial charge < -0.3 is 20.0 Å². The molecule has 0 bridgehead atoms. The molecule has 136 valence electrons. The number of amides is 1. The Labute approximate surface area is 159 Å². The number of anilines is 1. The molecule has 0 aliphatic rings. The molecule has 0 radical (unpaired) electrons. The summed E-state index contributed by atoms with van der Waals surface area (Å²) in [6, 6.07) is 10.8. The highest BCUT2D eigenvalue weighted by Crippen LogP contribution is 2.25. The molecule has 8 nitrogen and oxygen atoms in total. The van der Waals surface area contributed by atoms with Gasteiger partial charge in [0.15, 0.2) is 11.4 Å². The van der Waals surface area contributed by atoms with Gasteiger partial charge in [-0.15, -0.1) is 0 Å². The highest BCUT2D eigenvalue weighted by molar-refractivity contribution is 6.30. The van der Waals surface area contributed by atoms with Crippen LogP contribution in [0, 0.1) is 0 Å². The quantitative estimate of drug-likeness (QED) is 0.548. The number of aromatic nitrogens is 4. The largest absolute Gasteiger partial charge is 0.463 e. The number of halogens is 1. The normalized spacial score (nSPS) is 11.0. The van der Waals surface area contributed by atoms with Crippen LogP contribution in [0.25, 0.3) is 22.6 Å². The van der Waals surface area contributed by atoms with E-state index in [-0.39, 0.29) is 18.4 Å². The Balaban J connectivity index is 1.54. The predicted molar refractivity (Wildman–Crippen MR) is 101 cm³/mol. The summed E-state index contributed by atoms with van der Waals surface area (Å²) in [6.07, 6.45) is 3.08. The third kappa shape index (κ3) is 3.61. The molecular formula is C18H15ClN6O2. The Kier molecular flexibility index (Phi) is 4.47. The minimum atomic E-state index is -0.180. The van der Waals surface area contributed by atoms with Crippen molar-refractivity contribution in [2.24, 2.45) is 0 Å². The van der Waals surface area contributed by atoms with Gasteiger partial charge in [-0.05, 0) is 29.8 Å². The molecule has 1 amide bonds. The monoisotopic (exact) mass is 382 g/mol.